The summed E-state index contributed by atoms with van der Waals surface area (Å²) in [6.07, 6.45) is -0.824. The van der Waals surface area contributed by atoms with Gasteiger partial charge < -0.3 is 19.9 Å². The molecule has 0 aromatic carbocycles. The van der Waals surface area contributed by atoms with Gasteiger partial charge in [0, 0.05) is 58.9 Å². The first kappa shape index (κ1) is 36.4. The van der Waals surface area contributed by atoms with E-state index in [4.69, 9.17) is 9.47 Å². The van der Waals surface area contributed by atoms with Crippen molar-refractivity contribution in [2.75, 3.05) is 78.5 Å². The van der Waals surface area contributed by atoms with Gasteiger partial charge in [-0.15, -0.1) is 0 Å². The minimum absolute atomic E-state index is 0.000280. The number of carbonyl (C=O) groups is 5. The Labute approximate surface area is 244 Å². The summed E-state index contributed by atoms with van der Waals surface area (Å²) in [6, 6.07) is -1.23. The number of esters is 1. The molecule has 1 fully saturated rings. The second kappa shape index (κ2) is 16.7. The van der Waals surface area contributed by atoms with Gasteiger partial charge in [-0.3, -0.25) is 34.0 Å². The van der Waals surface area contributed by atoms with E-state index in [1.165, 1.54) is 13.8 Å². The maximum absolute atomic E-state index is 12.7. The van der Waals surface area contributed by atoms with Crippen LogP contribution in [0.5, 0.6) is 0 Å². The van der Waals surface area contributed by atoms with Crippen LogP contribution in [0.15, 0.2) is 0 Å². The average Bonchev–Trinajstić information content (AvgIpc) is 2.76. The minimum Gasteiger partial charge on any atom is -0.480 e. The number of nitrogens with one attached hydrogen (secondary N) is 1. The molecule has 1 heterocycles. The summed E-state index contributed by atoms with van der Waals surface area (Å²) in [7, 11) is 0. The van der Waals surface area contributed by atoms with E-state index in [1.54, 1.807) is 41.5 Å². The summed E-state index contributed by atoms with van der Waals surface area (Å²) in [5.41, 5.74) is -1.43. The van der Waals surface area contributed by atoms with E-state index < -0.39 is 29.3 Å². The van der Waals surface area contributed by atoms with Crippen LogP contribution in [-0.2, 0) is 28.7 Å². The van der Waals surface area contributed by atoms with E-state index in [1.807, 2.05) is 19.6 Å². The number of ketones is 2. The fourth-order valence-electron chi connectivity index (χ4n) is 4.32. The standard InChI is InChI=1S/C28H51N5O8/c1-21(34)17-30-9-10-31(18-22(2)35)12-15-33(20-24(36)40-27(3,4)5)16-14-32(13-11-30)19-23(25(37)38)29-26(39)41-28(6,7)8/h23H,9-20H2,1-8H3,(H,29,39)(H,37,38)/t23-/m1/s1. The highest BCUT2D eigenvalue weighted by Crippen LogP contribution is 2.10. The molecule has 2 N–H and O–H groups in total. The van der Waals surface area contributed by atoms with Crippen molar-refractivity contribution in [2.45, 2.75) is 72.6 Å². The zero-order valence-corrected chi connectivity index (χ0v) is 26.2. The largest absolute Gasteiger partial charge is 0.480 e. The first-order valence-electron chi connectivity index (χ1n) is 14.2. The molecule has 41 heavy (non-hydrogen) atoms. The second-order valence-corrected chi connectivity index (χ2v) is 12.7. The third-order valence-corrected chi connectivity index (χ3v) is 6.02. The SMILES string of the molecule is CC(=O)CN1CCN(CC(C)=O)CCN(C[C@@H](NC(=O)OC(C)(C)C)C(=O)O)CCN(CC(=O)OC(C)(C)C)CC1. The van der Waals surface area contributed by atoms with E-state index in [0.29, 0.717) is 52.4 Å². The number of hydrogen-bond donors (Lipinski definition) is 2. The Balaban J connectivity index is 3.17. The van der Waals surface area contributed by atoms with Gasteiger partial charge in [0.2, 0.25) is 0 Å². The summed E-state index contributed by atoms with van der Waals surface area (Å²) in [5, 5.41) is 12.3. The first-order valence-corrected chi connectivity index (χ1v) is 14.2. The number of ether oxygens (including phenoxy) is 2. The molecule has 0 aromatic heterocycles. The van der Waals surface area contributed by atoms with Crippen LogP contribution in [0.3, 0.4) is 0 Å². The van der Waals surface area contributed by atoms with Gasteiger partial charge in [-0.2, -0.15) is 0 Å². The lowest BCUT2D eigenvalue weighted by Crippen LogP contribution is -2.53. The Morgan fingerprint density at radius 2 is 1.02 bits per heavy atom. The van der Waals surface area contributed by atoms with Crippen molar-refractivity contribution in [1.82, 2.24) is 24.9 Å². The normalized spacial score (nSPS) is 18.4. The van der Waals surface area contributed by atoms with Gasteiger partial charge in [0.15, 0.2) is 0 Å². The van der Waals surface area contributed by atoms with E-state index in [0.717, 1.165) is 0 Å². The number of nitrogens with zero attached hydrogens (tertiary/aromatic N) is 4. The Kier molecular flexibility index (Phi) is 14.9. The average molecular weight is 586 g/mol. The van der Waals surface area contributed by atoms with Crippen LogP contribution in [-0.4, -0.2) is 150 Å². The molecule has 0 radical (unpaired) electrons. The Bertz CT molecular complexity index is 899. The molecule has 0 saturated carbocycles. The van der Waals surface area contributed by atoms with Gasteiger partial charge in [0.05, 0.1) is 19.6 Å². The molecule has 13 heteroatoms. The van der Waals surface area contributed by atoms with E-state index in [-0.39, 0.29) is 43.7 Å². The summed E-state index contributed by atoms with van der Waals surface area (Å²) in [5.74, 6) is -1.55. The molecule has 13 nitrogen and oxygen atoms in total. The second-order valence-electron chi connectivity index (χ2n) is 12.7. The quantitative estimate of drug-likeness (QED) is 0.348. The van der Waals surface area contributed by atoms with Gasteiger partial charge in [0.1, 0.15) is 28.8 Å². The highest BCUT2D eigenvalue weighted by atomic mass is 16.6. The van der Waals surface area contributed by atoms with Crippen molar-refractivity contribution >= 4 is 29.6 Å². The molecule has 0 unspecified atom stereocenters. The molecule has 0 bridgehead atoms. The van der Waals surface area contributed by atoms with Crippen molar-refractivity contribution in [3.63, 3.8) is 0 Å². The number of carboxylic acid groups (broad SMARTS) is 1. The maximum Gasteiger partial charge on any atom is 0.408 e. The van der Waals surface area contributed by atoms with Gasteiger partial charge in [-0.05, 0) is 55.4 Å². The Morgan fingerprint density at radius 3 is 1.37 bits per heavy atom. The highest BCUT2D eigenvalue weighted by Gasteiger charge is 2.28. The number of carboxylic acids is 1. The van der Waals surface area contributed by atoms with Crippen molar-refractivity contribution in [2.24, 2.45) is 0 Å². The topological polar surface area (TPSA) is 149 Å². The number of carbonyl (C=O) groups excluding carboxylic acids is 4. The zero-order valence-electron chi connectivity index (χ0n) is 26.2. The van der Waals surface area contributed by atoms with Gasteiger partial charge in [0.25, 0.3) is 0 Å². The van der Waals surface area contributed by atoms with Crippen LogP contribution in [0, 0.1) is 0 Å². The van der Waals surface area contributed by atoms with Crippen molar-refractivity contribution < 1.29 is 38.6 Å². The molecule has 236 valence electrons. The highest BCUT2D eigenvalue weighted by molar-refractivity contribution is 5.80. The summed E-state index contributed by atoms with van der Waals surface area (Å²) >= 11 is 0. The zero-order chi connectivity index (χ0) is 31.4. The molecule has 1 aliphatic heterocycles. The molecule has 1 aliphatic rings. The number of rotatable bonds is 10. The molecule has 1 atom stereocenters. The Hall–Kier alpha value is -2.61. The molecule has 0 aromatic rings. The summed E-state index contributed by atoms with van der Waals surface area (Å²) < 4.78 is 10.8. The summed E-state index contributed by atoms with van der Waals surface area (Å²) in [6.45, 7) is 17.8. The molecule has 1 saturated heterocycles. The summed E-state index contributed by atoms with van der Waals surface area (Å²) in [4.78, 5) is 68.8. The van der Waals surface area contributed by atoms with Crippen LogP contribution in [0.1, 0.15) is 55.4 Å². The van der Waals surface area contributed by atoms with Crippen LogP contribution in [0.4, 0.5) is 4.79 Å². The van der Waals surface area contributed by atoms with Crippen molar-refractivity contribution in [3.05, 3.63) is 0 Å². The fraction of sp³-hybridized carbons (Fsp3) is 0.821. The first-order chi connectivity index (χ1) is 18.8. The van der Waals surface area contributed by atoms with Crippen molar-refractivity contribution in [1.29, 1.82) is 0 Å². The van der Waals surface area contributed by atoms with Crippen LogP contribution in [0.25, 0.3) is 0 Å². The predicted molar refractivity (Wildman–Crippen MR) is 154 cm³/mol. The number of amides is 1. The minimum atomic E-state index is -1.23. The predicted octanol–water partition coefficient (Wildman–Crippen LogP) is 0.706. The maximum atomic E-state index is 12.7. The van der Waals surface area contributed by atoms with Gasteiger partial charge >= 0.3 is 18.0 Å². The number of Topliss-reactive ketones (excluding diaryl/α,β-unsaturated/α-hetero) is 2. The Morgan fingerprint density at radius 1 is 0.659 bits per heavy atom. The molecule has 1 amide bonds. The molecular weight excluding hydrogens is 534 g/mol. The lowest BCUT2D eigenvalue weighted by Gasteiger charge is -2.34. The van der Waals surface area contributed by atoms with Crippen LogP contribution < -0.4 is 5.32 Å². The van der Waals surface area contributed by atoms with E-state index >= 15 is 0 Å². The van der Waals surface area contributed by atoms with Gasteiger partial charge in [-0.1, -0.05) is 0 Å². The number of alkyl carbamates (subject to hydrolysis) is 1. The molecule has 0 spiro atoms. The monoisotopic (exact) mass is 585 g/mol. The fourth-order valence-corrected chi connectivity index (χ4v) is 4.32. The molecular formula is C28H51N5O8. The smallest absolute Gasteiger partial charge is 0.408 e. The van der Waals surface area contributed by atoms with Crippen molar-refractivity contribution in [3.8, 4) is 0 Å². The third kappa shape index (κ3) is 17.7. The van der Waals surface area contributed by atoms with Crippen LogP contribution in [0.2, 0.25) is 0 Å². The lowest BCUT2D eigenvalue weighted by atomic mass is 10.2. The molecule has 0 aliphatic carbocycles. The van der Waals surface area contributed by atoms with Crippen LogP contribution >= 0.6 is 0 Å². The van der Waals surface area contributed by atoms with Gasteiger partial charge in [-0.25, -0.2) is 9.59 Å². The number of aliphatic carboxylic acids is 1. The number of hydrogen-bond acceptors (Lipinski definition) is 11. The van der Waals surface area contributed by atoms with E-state index in [2.05, 4.69) is 5.32 Å². The third-order valence-electron chi connectivity index (χ3n) is 6.02. The van der Waals surface area contributed by atoms with E-state index in [9.17, 15) is 29.1 Å². The molecule has 1 rings (SSSR count). The lowest BCUT2D eigenvalue weighted by molar-refractivity contribution is -0.156.